The first-order valence-electron chi connectivity index (χ1n) is 6.73. The van der Waals surface area contributed by atoms with Crippen LogP contribution in [0.15, 0.2) is 36.5 Å². The Hall–Kier alpha value is -1.49. The fourth-order valence-corrected chi connectivity index (χ4v) is 2.60. The van der Waals surface area contributed by atoms with Gasteiger partial charge < -0.3 is 10.5 Å². The van der Waals surface area contributed by atoms with Crippen molar-refractivity contribution in [3.05, 3.63) is 42.1 Å². The van der Waals surface area contributed by atoms with Crippen molar-refractivity contribution in [3.63, 3.8) is 0 Å². The SMILES string of the molecule is NCC1CN(Cc2ccnc3ccccc23)CCO1. The Bertz CT molecular complexity index is 553. The molecule has 0 spiro atoms. The van der Waals surface area contributed by atoms with Gasteiger partial charge in [-0.3, -0.25) is 9.88 Å². The number of benzene rings is 1. The molecule has 0 amide bonds. The highest BCUT2D eigenvalue weighted by Gasteiger charge is 2.19. The van der Waals surface area contributed by atoms with E-state index in [0.717, 1.165) is 31.8 Å². The van der Waals surface area contributed by atoms with Gasteiger partial charge in [0.25, 0.3) is 0 Å². The van der Waals surface area contributed by atoms with E-state index in [1.807, 2.05) is 12.3 Å². The smallest absolute Gasteiger partial charge is 0.0824 e. The number of hydrogen-bond acceptors (Lipinski definition) is 4. The molecule has 0 bridgehead atoms. The Morgan fingerprint density at radius 3 is 3.11 bits per heavy atom. The molecule has 1 aromatic heterocycles. The molecule has 3 rings (SSSR count). The molecule has 1 aliphatic heterocycles. The largest absolute Gasteiger partial charge is 0.374 e. The van der Waals surface area contributed by atoms with Crippen LogP contribution < -0.4 is 5.73 Å². The van der Waals surface area contributed by atoms with Crippen molar-refractivity contribution < 1.29 is 4.74 Å². The minimum Gasteiger partial charge on any atom is -0.374 e. The van der Waals surface area contributed by atoms with E-state index in [1.165, 1.54) is 10.9 Å². The minimum absolute atomic E-state index is 0.168. The number of ether oxygens (including phenoxy) is 1. The van der Waals surface area contributed by atoms with Crippen LogP contribution in [0.3, 0.4) is 0 Å². The fraction of sp³-hybridized carbons (Fsp3) is 0.400. The third-order valence-corrected chi connectivity index (χ3v) is 3.62. The highest BCUT2D eigenvalue weighted by atomic mass is 16.5. The van der Waals surface area contributed by atoms with Gasteiger partial charge in [-0.05, 0) is 17.7 Å². The molecule has 4 nitrogen and oxygen atoms in total. The summed E-state index contributed by atoms with van der Waals surface area (Å²) >= 11 is 0. The van der Waals surface area contributed by atoms with Crippen molar-refractivity contribution in [3.8, 4) is 0 Å². The molecule has 0 aliphatic carbocycles. The summed E-state index contributed by atoms with van der Waals surface area (Å²) < 4.78 is 5.60. The summed E-state index contributed by atoms with van der Waals surface area (Å²) in [6.45, 7) is 4.17. The molecule has 2 N–H and O–H groups in total. The Morgan fingerprint density at radius 2 is 2.21 bits per heavy atom. The number of hydrogen-bond donors (Lipinski definition) is 1. The minimum atomic E-state index is 0.168. The Kier molecular flexibility index (Phi) is 3.73. The third kappa shape index (κ3) is 2.76. The van der Waals surface area contributed by atoms with Crippen LogP contribution in [0.25, 0.3) is 10.9 Å². The summed E-state index contributed by atoms with van der Waals surface area (Å²) in [5, 5.41) is 1.24. The molecule has 1 unspecified atom stereocenters. The summed E-state index contributed by atoms with van der Waals surface area (Å²) in [5.41, 5.74) is 8.07. The molecule has 0 radical (unpaired) electrons. The first kappa shape index (κ1) is 12.5. The summed E-state index contributed by atoms with van der Waals surface area (Å²) in [5.74, 6) is 0. The molecule has 100 valence electrons. The van der Waals surface area contributed by atoms with E-state index in [4.69, 9.17) is 10.5 Å². The van der Waals surface area contributed by atoms with Crippen LogP contribution in [0.5, 0.6) is 0 Å². The van der Waals surface area contributed by atoms with Gasteiger partial charge in [0.15, 0.2) is 0 Å². The second-order valence-electron chi connectivity index (χ2n) is 4.95. The number of morpholine rings is 1. The Balaban J connectivity index is 1.81. The predicted octanol–water partition coefficient (Wildman–Crippen LogP) is 1.39. The highest BCUT2D eigenvalue weighted by molar-refractivity contribution is 5.81. The molecule has 2 aromatic rings. The molecule has 4 heteroatoms. The van der Waals surface area contributed by atoms with Crippen molar-refractivity contribution in [2.75, 3.05) is 26.2 Å². The zero-order chi connectivity index (χ0) is 13.1. The third-order valence-electron chi connectivity index (χ3n) is 3.62. The summed E-state index contributed by atoms with van der Waals surface area (Å²) in [6, 6.07) is 10.4. The Labute approximate surface area is 113 Å². The number of pyridine rings is 1. The van der Waals surface area contributed by atoms with E-state index in [2.05, 4.69) is 34.1 Å². The Morgan fingerprint density at radius 1 is 1.32 bits per heavy atom. The van der Waals surface area contributed by atoms with Gasteiger partial charge in [0, 0.05) is 37.8 Å². The van der Waals surface area contributed by atoms with E-state index < -0.39 is 0 Å². The lowest BCUT2D eigenvalue weighted by molar-refractivity contribution is -0.0259. The van der Waals surface area contributed by atoms with Gasteiger partial charge in [-0.1, -0.05) is 18.2 Å². The highest BCUT2D eigenvalue weighted by Crippen LogP contribution is 2.19. The van der Waals surface area contributed by atoms with Gasteiger partial charge in [-0.15, -0.1) is 0 Å². The quantitative estimate of drug-likeness (QED) is 0.903. The predicted molar refractivity (Wildman–Crippen MR) is 75.8 cm³/mol. The summed E-state index contributed by atoms with van der Waals surface area (Å²) in [7, 11) is 0. The summed E-state index contributed by atoms with van der Waals surface area (Å²) in [6.07, 6.45) is 2.06. The molecule has 19 heavy (non-hydrogen) atoms. The van der Waals surface area contributed by atoms with Crippen molar-refractivity contribution >= 4 is 10.9 Å². The van der Waals surface area contributed by atoms with Crippen LogP contribution >= 0.6 is 0 Å². The van der Waals surface area contributed by atoms with E-state index in [9.17, 15) is 0 Å². The lowest BCUT2D eigenvalue weighted by Crippen LogP contribution is -2.45. The lowest BCUT2D eigenvalue weighted by Gasteiger charge is -2.32. The van der Waals surface area contributed by atoms with Gasteiger partial charge in [0.1, 0.15) is 0 Å². The summed E-state index contributed by atoms with van der Waals surface area (Å²) in [4.78, 5) is 6.81. The van der Waals surface area contributed by atoms with Crippen molar-refractivity contribution in [1.82, 2.24) is 9.88 Å². The molecular weight excluding hydrogens is 238 g/mol. The topological polar surface area (TPSA) is 51.4 Å². The average molecular weight is 257 g/mol. The fourth-order valence-electron chi connectivity index (χ4n) is 2.60. The van der Waals surface area contributed by atoms with Gasteiger partial charge >= 0.3 is 0 Å². The number of nitrogens with two attached hydrogens (primary N) is 1. The van der Waals surface area contributed by atoms with E-state index >= 15 is 0 Å². The number of fused-ring (bicyclic) bond motifs is 1. The van der Waals surface area contributed by atoms with E-state index in [-0.39, 0.29) is 6.10 Å². The zero-order valence-corrected chi connectivity index (χ0v) is 11.0. The normalized spacial score (nSPS) is 20.8. The van der Waals surface area contributed by atoms with Crippen LogP contribution in [-0.4, -0.2) is 42.2 Å². The van der Waals surface area contributed by atoms with Gasteiger partial charge in [-0.25, -0.2) is 0 Å². The lowest BCUT2D eigenvalue weighted by atomic mass is 10.1. The molecule has 1 atom stereocenters. The zero-order valence-electron chi connectivity index (χ0n) is 11.0. The average Bonchev–Trinajstić information content (AvgIpc) is 2.48. The van der Waals surface area contributed by atoms with E-state index in [0.29, 0.717) is 6.54 Å². The van der Waals surface area contributed by atoms with Gasteiger partial charge in [-0.2, -0.15) is 0 Å². The standard InChI is InChI=1S/C15H19N3O/c16-9-13-11-18(7-8-19-13)10-12-5-6-17-15-4-2-1-3-14(12)15/h1-6,13H,7-11,16H2. The van der Waals surface area contributed by atoms with Crippen LogP contribution in [0, 0.1) is 0 Å². The maximum atomic E-state index is 5.69. The van der Waals surface area contributed by atoms with Crippen LogP contribution in [0.1, 0.15) is 5.56 Å². The van der Waals surface area contributed by atoms with E-state index in [1.54, 1.807) is 0 Å². The second kappa shape index (κ2) is 5.65. The molecule has 1 fully saturated rings. The first-order chi connectivity index (χ1) is 9.36. The number of rotatable bonds is 3. The molecule has 1 saturated heterocycles. The van der Waals surface area contributed by atoms with Crippen LogP contribution in [0.4, 0.5) is 0 Å². The van der Waals surface area contributed by atoms with Crippen LogP contribution in [0.2, 0.25) is 0 Å². The molecule has 2 heterocycles. The van der Waals surface area contributed by atoms with Crippen LogP contribution in [-0.2, 0) is 11.3 Å². The second-order valence-corrected chi connectivity index (χ2v) is 4.95. The maximum absolute atomic E-state index is 5.69. The molecule has 0 saturated carbocycles. The van der Waals surface area contributed by atoms with Crippen molar-refractivity contribution in [2.24, 2.45) is 5.73 Å². The number of nitrogens with zero attached hydrogens (tertiary/aromatic N) is 2. The van der Waals surface area contributed by atoms with Gasteiger partial charge in [0.2, 0.25) is 0 Å². The van der Waals surface area contributed by atoms with Crippen molar-refractivity contribution in [1.29, 1.82) is 0 Å². The maximum Gasteiger partial charge on any atom is 0.0824 e. The molecule has 1 aliphatic rings. The monoisotopic (exact) mass is 257 g/mol. The van der Waals surface area contributed by atoms with Crippen molar-refractivity contribution in [2.45, 2.75) is 12.6 Å². The molecule has 1 aromatic carbocycles. The number of aromatic nitrogens is 1. The molecular formula is C15H19N3O. The van der Waals surface area contributed by atoms with Gasteiger partial charge in [0.05, 0.1) is 18.2 Å². The number of para-hydroxylation sites is 1. The first-order valence-corrected chi connectivity index (χ1v) is 6.73.